The Labute approximate surface area is 77.7 Å². The number of unbranched alkanes of at least 4 members (excludes halogenated alkanes) is 1. The lowest BCUT2D eigenvalue weighted by atomic mass is 9.88. The van der Waals surface area contributed by atoms with Gasteiger partial charge in [0.2, 0.25) is 0 Å². The first-order valence-electron chi connectivity index (χ1n) is 5.93. The number of hydrogen-bond donors (Lipinski definition) is 0. The summed E-state index contributed by atoms with van der Waals surface area (Å²) in [5.41, 5.74) is 0. The second-order valence-electron chi connectivity index (χ2n) is 4.35. The van der Waals surface area contributed by atoms with Crippen molar-refractivity contribution in [2.45, 2.75) is 71.1 Å². The van der Waals surface area contributed by atoms with Gasteiger partial charge in [0.1, 0.15) is 0 Å². The van der Waals surface area contributed by atoms with Crippen molar-refractivity contribution in [1.82, 2.24) is 0 Å². The Hall–Kier alpha value is 0. The highest BCUT2D eigenvalue weighted by Gasteiger charge is 2.09. The van der Waals surface area contributed by atoms with Gasteiger partial charge in [-0.2, -0.15) is 0 Å². The summed E-state index contributed by atoms with van der Waals surface area (Å²) in [6.07, 6.45) is 14.9. The normalized spacial score (nSPS) is 21.8. The molecule has 0 bridgehead atoms. The fraction of sp³-hybridized carbons (Fsp3) is 1.00. The van der Waals surface area contributed by atoms with Crippen LogP contribution in [0.4, 0.5) is 0 Å². The highest BCUT2D eigenvalue weighted by Crippen LogP contribution is 2.25. The zero-order valence-electron chi connectivity index (χ0n) is 8.65. The molecule has 0 heterocycles. The largest absolute Gasteiger partial charge is 0.0654 e. The molecular formula is C12H24. The van der Waals surface area contributed by atoms with E-state index in [0.717, 1.165) is 5.92 Å². The van der Waals surface area contributed by atoms with Gasteiger partial charge in [-0.1, -0.05) is 71.1 Å². The van der Waals surface area contributed by atoms with E-state index in [1.54, 1.807) is 0 Å². The minimum Gasteiger partial charge on any atom is -0.0654 e. The maximum absolute atomic E-state index is 2.31. The van der Waals surface area contributed by atoms with Crippen LogP contribution in [0.1, 0.15) is 71.1 Å². The lowest BCUT2D eigenvalue weighted by Gasteiger charge is -2.18. The van der Waals surface area contributed by atoms with Crippen molar-refractivity contribution in [2.24, 2.45) is 5.92 Å². The molecule has 0 aromatic rings. The van der Waals surface area contributed by atoms with Crippen molar-refractivity contribution in [3.63, 3.8) is 0 Å². The van der Waals surface area contributed by atoms with Crippen LogP contribution < -0.4 is 0 Å². The molecule has 0 nitrogen and oxygen atoms in total. The summed E-state index contributed by atoms with van der Waals surface area (Å²) in [6.45, 7) is 2.31. The summed E-state index contributed by atoms with van der Waals surface area (Å²) >= 11 is 0. The van der Waals surface area contributed by atoms with Crippen molar-refractivity contribution in [3.05, 3.63) is 0 Å². The summed E-state index contributed by atoms with van der Waals surface area (Å²) in [4.78, 5) is 0. The topological polar surface area (TPSA) is 0 Å². The summed E-state index contributed by atoms with van der Waals surface area (Å²) in [5.74, 6) is 1.09. The number of rotatable bonds is 3. The minimum atomic E-state index is 1.09. The van der Waals surface area contributed by atoms with Gasteiger partial charge in [0.05, 0.1) is 0 Å². The monoisotopic (exact) mass is 168 g/mol. The van der Waals surface area contributed by atoms with Crippen LogP contribution in [0.2, 0.25) is 0 Å². The standard InChI is InChI=1S/C12H24/c1-2-3-9-12-10-7-5-4-6-8-11-12/h12H,2-11H2,1H3. The van der Waals surface area contributed by atoms with Crippen LogP contribution in [-0.2, 0) is 0 Å². The van der Waals surface area contributed by atoms with Crippen molar-refractivity contribution >= 4 is 0 Å². The summed E-state index contributed by atoms with van der Waals surface area (Å²) in [7, 11) is 0. The van der Waals surface area contributed by atoms with Gasteiger partial charge in [-0.25, -0.2) is 0 Å². The van der Waals surface area contributed by atoms with Gasteiger partial charge in [0.15, 0.2) is 0 Å². The Bertz CT molecular complexity index is 85.5. The molecule has 0 radical (unpaired) electrons. The zero-order chi connectivity index (χ0) is 8.65. The maximum Gasteiger partial charge on any atom is -0.0414 e. The Morgan fingerprint density at radius 2 is 1.50 bits per heavy atom. The Morgan fingerprint density at radius 1 is 0.917 bits per heavy atom. The van der Waals surface area contributed by atoms with E-state index in [1.807, 2.05) is 0 Å². The molecule has 0 aliphatic heterocycles. The van der Waals surface area contributed by atoms with Crippen LogP contribution in [0, 0.1) is 5.92 Å². The molecule has 72 valence electrons. The molecule has 1 fully saturated rings. The van der Waals surface area contributed by atoms with Crippen molar-refractivity contribution < 1.29 is 0 Å². The van der Waals surface area contributed by atoms with Gasteiger partial charge in [-0.3, -0.25) is 0 Å². The highest BCUT2D eigenvalue weighted by atomic mass is 14.2. The van der Waals surface area contributed by atoms with Gasteiger partial charge < -0.3 is 0 Å². The minimum absolute atomic E-state index is 1.09. The second kappa shape index (κ2) is 6.51. The van der Waals surface area contributed by atoms with E-state index >= 15 is 0 Å². The fourth-order valence-electron chi connectivity index (χ4n) is 2.32. The molecule has 1 saturated carbocycles. The molecule has 0 atom stereocenters. The molecule has 1 aliphatic rings. The first kappa shape index (κ1) is 10.1. The molecule has 1 aliphatic carbocycles. The van der Waals surface area contributed by atoms with E-state index in [0.29, 0.717) is 0 Å². The highest BCUT2D eigenvalue weighted by molar-refractivity contribution is 4.63. The van der Waals surface area contributed by atoms with Gasteiger partial charge >= 0.3 is 0 Å². The van der Waals surface area contributed by atoms with E-state index in [4.69, 9.17) is 0 Å². The fourth-order valence-corrected chi connectivity index (χ4v) is 2.32. The molecule has 0 amide bonds. The molecule has 1 rings (SSSR count). The number of hydrogen-bond acceptors (Lipinski definition) is 0. The molecule has 0 heteroatoms. The summed E-state index contributed by atoms with van der Waals surface area (Å²) in [6, 6.07) is 0. The third-order valence-corrected chi connectivity index (χ3v) is 3.19. The molecule has 0 aromatic heterocycles. The third-order valence-electron chi connectivity index (χ3n) is 3.19. The van der Waals surface area contributed by atoms with Crippen LogP contribution >= 0.6 is 0 Å². The quantitative estimate of drug-likeness (QED) is 0.580. The summed E-state index contributed by atoms with van der Waals surface area (Å²) in [5, 5.41) is 0. The molecule has 0 saturated heterocycles. The predicted molar refractivity (Wildman–Crippen MR) is 55.3 cm³/mol. The van der Waals surface area contributed by atoms with Gasteiger partial charge in [0.25, 0.3) is 0 Å². The van der Waals surface area contributed by atoms with Crippen molar-refractivity contribution in [3.8, 4) is 0 Å². The molecule has 0 aromatic carbocycles. The average molecular weight is 168 g/mol. The lowest BCUT2D eigenvalue weighted by molar-refractivity contribution is 0.351. The first-order valence-corrected chi connectivity index (χ1v) is 5.93. The molecule has 0 spiro atoms. The molecule has 0 N–H and O–H groups in total. The van der Waals surface area contributed by atoms with Gasteiger partial charge in [0, 0.05) is 0 Å². The van der Waals surface area contributed by atoms with E-state index in [-0.39, 0.29) is 0 Å². The Morgan fingerprint density at radius 3 is 2.08 bits per heavy atom. The van der Waals surface area contributed by atoms with E-state index < -0.39 is 0 Å². The average Bonchev–Trinajstić information content (AvgIpc) is 2.02. The van der Waals surface area contributed by atoms with Gasteiger partial charge in [-0.05, 0) is 5.92 Å². The predicted octanol–water partition coefficient (Wildman–Crippen LogP) is 4.54. The van der Waals surface area contributed by atoms with Crippen molar-refractivity contribution in [1.29, 1.82) is 0 Å². The molecular weight excluding hydrogens is 144 g/mol. The molecule has 0 unspecified atom stereocenters. The smallest absolute Gasteiger partial charge is 0.0414 e. The van der Waals surface area contributed by atoms with E-state index in [1.165, 1.54) is 64.2 Å². The zero-order valence-corrected chi connectivity index (χ0v) is 8.65. The van der Waals surface area contributed by atoms with E-state index in [9.17, 15) is 0 Å². The van der Waals surface area contributed by atoms with Crippen LogP contribution in [0.3, 0.4) is 0 Å². The summed E-state index contributed by atoms with van der Waals surface area (Å²) < 4.78 is 0. The van der Waals surface area contributed by atoms with Crippen LogP contribution in [0.5, 0.6) is 0 Å². The Kier molecular flexibility index (Phi) is 5.47. The van der Waals surface area contributed by atoms with E-state index in [2.05, 4.69) is 6.92 Å². The molecule has 12 heavy (non-hydrogen) atoms. The SMILES string of the molecule is CCCCC1CCCCCCC1. The van der Waals surface area contributed by atoms with Gasteiger partial charge in [-0.15, -0.1) is 0 Å². The van der Waals surface area contributed by atoms with Crippen LogP contribution in [0.15, 0.2) is 0 Å². The second-order valence-corrected chi connectivity index (χ2v) is 4.35. The first-order chi connectivity index (χ1) is 5.93. The van der Waals surface area contributed by atoms with Crippen LogP contribution in [-0.4, -0.2) is 0 Å². The van der Waals surface area contributed by atoms with Crippen LogP contribution in [0.25, 0.3) is 0 Å². The lowest BCUT2D eigenvalue weighted by Crippen LogP contribution is -2.03. The Balaban J connectivity index is 2.11. The van der Waals surface area contributed by atoms with Crippen molar-refractivity contribution in [2.75, 3.05) is 0 Å². The third kappa shape index (κ3) is 4.13. The maximum atomic E-state index is 2.31.